The number of nitrogens with zero attached hydrogens (tertiary/aromatic N) is 3. The van der Waals surface area contributed by atoms with Gasteiger partial charge in [0.15, 0.2) is 17.2 Å². The summed E-state index contributed by atoms with van der Waals surface area (Å²) in [5.74, 6) is -2.53. The number of oxazole rings is 1. The number of fused-ring (bicyclic) bond motifs is 2. The summed E-state index contributed by atoms with van der Waals surface area (Å²) in [6.45, 7) is 1.75. The molecule has 6 nitrogen and oxygen atoms in total. The van der Waals surface area contributed by atoms with E-state index in [1.54, 1.807) is 19.1 Å². The first-order chi connectivity index (χ1) is 13.5. The Hall–Kier alpha value is -3.55. The zero-order valence-corrected chi connectivity index (χ0v) is 14.7. The molecule has 0 fully saturated rings. The zero-order chi connectivity index (χ0) is 19.4. The van der Waals surface area contributed by atoms with Crippen molar-refractivity contribution in [1.82, 2.24) is 14.8 Å². The van der Waals surface area contributed by atoms with E-state index < -0.39 is 17.6 Å². The Morgan fingerprint density at radius 1 is 1.18 bits per heavy atom. The topological polar surface area (TPSA) is 73.0 Å². The lowest BCUT2D eigenvalue weighted by Crippen LogP contribution is -2.25. The van der Waals surface area contributed by atoms with Crippen LogP contribution in [-0.2, 0) is 4.79 Å². The first-order valence-corrected chi connectivity index (χ1v) is 8.72. The normalized spacial score (nSPS) is 16.2. The largest absolute Gasteiger partial charge is 0.422 e. The minimum atomic E-state index is -0.956. The maximum atomic E-state index is 14.4. The van der Waals surface area contributed by atoms with Gasteiger partial charge in [0, 0.05) is 17.9 Å². The Morgan fingerprint density at radius 3 is 2.82 bits per heavy atom. The number of aryl methyl sites for hydroxylation is 1. The molecule has 1 amide bonds. The van der Waals surface area contributed by atoms with E-state index >= 15 is 0 Å². The van der Waals surface area contributed by atoms with Crippen molar-refractivity contribution in [2.24, 2.45) is 0 Å². The summed E-state index contributed by atoms with van der Waals surface area (Å²) in [6.07, 6.45) is -0.00648. The van der Waals surface area contributed by atoms with Gasteiger partial charge >= 0.3 is 6.01 Å². The second-order valence-electron chi connectivity index (χ2n) is 6.67. The highest BCUT2D eigenvalue weighted by atomic mass is 19.2. The molecule has 1 atom stereocenters. The molecule has 4 aromatic rings. The van der Waals surface area contributed by atoms with Crippen molar-refractivity contribution in [2.75, 3.05) is 5.32 Å². The van der Waals surface area contributed by atoms with E-state index in [4.69, 9.17) is 4.42 Å². The average Bonchev–Trinajstić information content (AvgIpc) is 3.24. The van der Waals surface area contributed by atoms with Gasteiger partial charge in [-0.1, -0.05) is 24.3 Å². The summed E-state index contributed by atoms with van der Waals surface area (Å²) in [4.78, 5) is 16.8. The number of hydrogen-bond donors (Lipinski definition) is 1. The van der Waals surface area contributed by atoms with Gasteiger partial charge in [-0.2, -0.15) is 14.8 Å². The van der Waals surface area contributed by atoms with Gasteiger partial charge in [0.25, 0.3) is 0 Å². The number of benzene rings is 2. The number of para-hydroxylation sites is 2. The Balaban J connectivity index is 1.70. The molecule has 140 valence electrons. The molecule has 0 radical (unpaired) electrons. The van der Waals surface area contributed by atoms with E-state index in [1.165, 1.54) is 16.8 Å². The third-order valence-electron chi connectivity index (χ3n) is 4.92. The number of nitrogens with one attached hydrogen (secondary N) is 1. The van der Waals surface area contributed by atoms with Crippen LogP contribution >= 0.6 is 0 Å². The number of anilines is 1. The number of carbonyl (C=O) groups is 1. The fourth-order valence-electron chi connectivity index (χ4n) is 3.69. The Labute approximate surface area is 157 Å². The molecule has 28 heavy (non-hydrogen) atoms. The monoisotopic (exact) mass is 380 g/mol. The second kappa shape index (κ2) is 5.98. The standard InChI is InChI=1S/C20H14F2N4O2/c1-10-17-12(11-5-4-6-13(21)18(11)22)9-16(27)24-19(17)26(25-10)20-23-14-7-2-3-8-15(14)28-20/h2-8,12H,9H2,1H3,(H,24,27)/t12-/m1/s1. The quantitative estimate of drug-likeness (QED) is 0.569. The molecule has 0 saturated carbocycles. The lowest BCUT2D eigenvalue weighted by Gasteiger charge is -2.24. The summed E-state index contributed by atoms with van der Waals surface area (Å²) in [5, 5.41) is 7.22. The average molecular weight is 380 g/mol. The molecule has 8 heteroatoms. The molecule has 3 heterocycles. The molecule has 0 aliphatic carbocycles. The van der Waals surface area contributed by atoms with Gasteiger partial charge in [0.05, 0.1) is 5.69 Å². The summed E-state index contributed by atoms with van der Waals surface area (Å²) < 4.78 is 35.4. The molecule has 0 saturated heterocycles. The highest BCUT2D eigenvalue weighted by Gasteiger charge is 2.35. The smallest absolute Gasteiger partial charge is 0.325 e. The number of amides is 1. The van der Waals surface area contributed by atoms with Gasteiger partial charge in [-0.25, -0.2) is 8.78 Å². The maximum Gasteiger partial charge on any atom is 0.325 e. The van der Waals surface area contributed by atoms with Crippen LogP contribution in [0.25, 0.3) is 17.1 Å². The van der Waals surface area contributed by atoms with Crippen molar-refractivity contribution < 1.29 is 18.0 Å². The fraction of sp³-hybridized carbons (Fsp3) is 0.150. The number of hydrogen-bond acceptors (Lipinski definition) is 4. The van der Waals surface area contributed by atoms with Crippen molar-refractivity contribution in [3.8, 4) is 6.01 Å². The van der Waals surface area contributed by atoms with E-state index in [-0.39, 0.29) is 23.9 Å². The highest BCUT2D eigenvalue weighted by Crippen LogP contribution is 2.41. The van der Waals surface area contributed by atoms with E-state index in [2.05, 4.69) is 15.4 Å². The third kappa shape index (κ3) is 2.41. The van der Waals surface area contributed by atoms with Crippen molar-refractivity contribution >= 4 is 22.8 Å². The molecule has 1 N–H and O–H groups in total. The van der Waals surface area contributed by atoms with Crippen LogP contribution in [0.2, 0.25) is 0 Å². The van der Waals surface area contributed by atoms with Crippen LogP contribution in [-0.4, -0.2) is 20.7 Å². The SMILES string of the molecule is Cc1nn(-c2nc3ccccc3o2)c2c1[C@@H](c1cccc(F)c1F)CC(=O)N2. The Kier molecular flexibility index (Phi) is 3.55. The lowest BCUT2D eigenvalue weighted by atomic mass is 9.85. The number of rotatable bonds is 2. The van der Waals surface area contributed by atoms with E-state index in [0.29, 0.717) is 28.2 Å². The van der Waals surface area contributed by atoms with Crippen molar-refractivity contribution in [2.45, 2.75) is 19.3 Å². The van der Waals surface area contributed by atoms with Gasteiger partial charge in [-0.05, 0) is 30.7 Å². The first kappa shape index (κ1) is 16.6. The molecule has 2 aromatic carbocycles. The van der Waals surface area contributed by atoms with E-state index in [9.17, 15) is 13.6 Å². The molecular formula is C20H14F2N4O2. The number of halogens is 2. The first-order valence-electron chi connectivity index (χ1n) is 8.72. The van der Waals surface area contributed by atoms with Crippen molar-refractivity contribution in [3.63, 3.8) is 0 Å². The second-order valence-corrected chi connectivity index (χ2v) is 6.67. The summed E-state index contributed by atoms with van der Waals surface area (Å²) >= 11 is 0. The molecule has 2 aromatic heterocycles. The van der Waals surface area contributed by atoms with Gasteiger partial charge in [-0.15, -0.1) is 0 Å². The molecule has 0 spiro atoms. The lowest BCUT2D eigenvalue weighted by molar-refractivity contribution is -0.116. The minimum Gasteiger partial charge on any atom is -0.422 e. The summed E-state index contributed by atoms with van der Waals surface area (Å²) in [5.41, 5.74) is 2.54. The van der Waals surface area contributed by atoms with Crippen LogP contribution in [0.5, 0.6) is 0 Å². The van der Waals surface area contributed by atoms with Gasteiger partial charge < -0.3 is 9.73 Å². The predicted octanol–water partition coefficient (Wildman–Crippen LogP) is 4.07. The highest BCUT2D eigenvalue weighted by molar-refractivity contribution is 5.95. The molecule has 0 unspecified atom stereocenters. The third-order valence-corrected chi connectivity index (χ3v) is 4.92. The van der Waals surface area contributed by atoms with Gasteiger partial charge in [-0.3, -0.25) is 4.79 Å². The van der Waals surface area contributed by atoms with Crippen LogP contribution in [0.15, 0.2) is 46.9 Å². The van der Waals surface area contributed by atoms with Crippen molar-refractivity contribution in [1.29, 1.82) is 0 Å². The van der Waals surface area contributed by atoms with Crippen LogP contribution < -0.4 is 5.32 Å². The Morgan fingerprint density at radius 2 is 2.00 bits per heavy atom. The molecule has 0 bridgehead atoms. The van der Waals surface area contributed by atoms with Crippen LogP contribution in [0, 0.1) is 18.6 Å². The molecular weight excluding hydrogens is 366 g/mol. The predicted molar refractivity (Wildman–Crippen MR) is 97.3 cm³/mol. The molecule has 1 aliphatic heterocycles. The summed E-state index contributed by atoms with van der Waals surface area (Å²) in [6, 6.07) is 11.4. The Bertz CT molecular complexity index is 1210. The van der Waals surface area contributed by atoms with E-state index in [1.807, 2.05) is 12.1 Å². The zero-order valence-electron chi connectivity index (χ0n) is 14.7. The molecule has 5 rings (SSSR count). The number of aromatic nitrogens is 3. The fourth-order valence-corrected chi connectivity index (χ4v) is 3.69. The van der Waals surface area contributed by atoms with Gasteiger partial charge in [0.2, 0.25) is 5.91 Å². The van der Waals surface area contributed by atoms with Crippen molar-refractivity contribution in [3.05, 3.63) is 70.9 Å². The minimum absolute atomic E-state index is 0.00648. The van der Waals surface area contributed by atoms with E-state index in [0.717, 1.165) is 6.07 Å². The maximum absolute atomic E-state index is 14.4. The molecule has 1 aliphatic rings. The van der Waals surface area contributed by atoms with Gasteiger partial charge in [0.1, 0.15) is 11.3 Å². The van der Waals surface area contributed by atoms with Crippen LogP contribution in [0.1, 0.15) is 29.2 Å². The summed E-state index contributed by atoms with van der Waals surface area (Å²) in [7, 11) is 0. The van der Waals surface area contributed by atoms with Crippen LogP contribution in [0.4, 0.5) is 14.6 Å². The van der Waals surface area contributed by atoms with Crippen LogP contribution in [0.3, 0.4) is 0 Å². The number of carbonyl (C=O) groups excluding carboxylic acids is 1.